The number of halogens is 1. The van der Waals surface area contributed by atoms with Gasteiger partial charge in [0.1, 0.15) is 5.82 Å². The molecule has 1 aromatic carbocycles. The number of nitrogens with zero attached hydrogens (tertiary/aromatic N) is 3. The summed E-state index contributed by atoms with van der Waals surface area (Å²) >= 11 is 6.20. The third-order valence-electron chi connectivity index (χ3n) is 3.13. The highest BCUT2D eigenvalue weighted by Crippen LogP contribution is 2.33. The summed E-state index contributed by atoms with van der Waals surface area (Å²) in [6.07, 6.45) is 3.32. The topological polar surface area (TPSA) is 56.7 Å². The van der Waals surface area contributed by atoms with Gasteiger partial charge in [0.05, 0.1) is 10.6 Å². The number of anilines is 1. The van der Waals surface area contributed by atoms with Gasteiger partial charge in [-0.05, 0) is 25.0 Å². The molecule has 0 amide bonds. The molecule has 17 heavy (non-hydrogen) atoms. The summed E-state index contributed by atoms with van der Waals surface area (Å²) in [6.45, 7) is 0.947. The Kier molecular flexibility index (Phi) is 2.52. The Labute approximate surface area is 104 Å². The Hall–Kier alpha value is -1.55. The van der Waals surface area contributed by atoms with Crippen molar-refractivity contribution in [1.29, 1.82) is 0 Å². The van der Waals surface area contributed by atoms with E-state index in [1.165, 1.54) is 6.42 Å². The van der Waals surface area contributed by atoms with Crippen LogP contribution in [-0.2, 0) is 13.0 Å². The minimum absolute atomic E-state index is 0.630. The van der Waals surface area contributed by atoms with Crippen molar-refractivity contribution in [2.45, 2.75) is 25.8 Å². The Balaban J connectivity index is 2.19. The first-order valence-electron chi connectivity index (χ1n) is 5.74. The smallest absolute Gasteiger partial charge is 0.167 e. The van der Waals surface area contributed by atoms with Crippen LogP contribution < -0.4 is 5.73 Å². The molecule has 1 aliphatic heterocycles. The highest BCUT2D eigenvalue weighted by Gasteiger charge is 2.20. The van der Waals surface area contributed by atoms with Crippen LogP contribution in [0.5, 0.6) is 0 Å². The summed E-state index contributed by atoms with van der Waals surface area (Å²) in [4.78, 5) is 0. The second-order valence-electron chi connectivity index (χ2n) is 4.25. The Morgan fingerprint density at radius 3 is 2.94 bits per heavy atom. The molecule has 0 bridgehead atoms. The van der Waals surface area contributed by atoms with Crippen LogP contribution in [0.1, 0.15) is 18.7 Å². The second-order valence-corrected chi connectivity index (χ2v) is 4.66. The number of aromatic nitrogens is 3. The van der Waals surface area contributed by atoms with Gasteiger partial charge < -0.3 is 10.3 Å². The Morgan fingerprint density at radius 1 is 1.24 bits per heavy atom. The molecule has 0 unspecified atom stereocenters. The molecule has 0 atom stereocenters. The lowest BCUT2D eigenvalue weighted by Gasteiger charge is -2.15. The van der Waals surface area contributed by atoms with Gasteiger partial charge in [-0.3, -0.25) is 0 Å². The van der Waals surface area contributed by atoms with E-state index >= 15 is 0 Å². The second kappa shape index (κ2) is 4.04. The van der Waals surface area contributed by atoms with E-state index in [0.29, 0.717) is 10.7 Å². The molecule has 1 aliphatic rings. The summed E-state index contributed by atoms with van der Waals surface area (Å²) in [5.74, 6) is 1.83. The Bertz CT molecular complexity index is 541. The van der Waals surface area contributed by atoms with Gasteiger partial charge in [0.25, 0.3) is 0 Å². The standard InChI is InChI=1S/C12H13ClN4/c13-8-4-3-5-9(14)11(8)12-16-15-10-6-1-2-7-17(10)12/h3-5H,1-2,6-7,14H2. The normalized spacial score (nSPS) is 14.6. The quantitative estimate of drug-likeness (QED) is 0.789. The first kappa shape index (κ1) is 10.6. The molecule has 0 radical (unpaired) electrons. The van der Waals surface area contributed by atoms with Crippen LogP contribution in [0, 0.1) is 0 Å². The minimum Gasteiger partial charge on any atom is -0.398 e. The molecule has 0 saturated heterocycles. The molecular weight excluding hydrogens is 236 g/mol. The average molecular weight is 249 g/mol. The number of nitrogens with two attached hydrogens (primary N) is 1. The molecule has 0 aliphatic carbocycles. The number of rotatable bonds is 1. The van der Waals surface area contributed by atoms with Crippen LogP contribution in [0.4, 0.5) is 5.69 Å². The van der Waals surface area contributed by atoms with Gasteiger partial charge in [0.2, 0.25) is 0 Å². The number of nitrogen functional groups attached to an aromatic ring is 1. The molecule has 2 heterocycles. The predicted molar refractivity (Wildman–Crippen MR) is 67.8 cm³/mol. The van der Waals surface area contributed by atoms with Crippen LogP contribution in [-0.4, -0.2) is 14.8 Å². The van der Waals surface area contributed by atoms with E-state index in [4.69, 9.17) is 17.3 Å². The van der Waals surface area contributed by atoms with Gasteiger partial charge in [-0.15, -0.1) is 10.2 Å². The van der Waals surface area contributed by atoms with Gasteiger partial charge in [0.15, 0.2) is 5.82 Å². The monoisotopic (exact) mass is 248 g/mol. The van der Waals surface area contributed by atoms with E-state index < -0.39 is 0 Å². The molecule has 3 rings (SSSR count). The zero-order valence-corrected chi connectivity index (χ0v) is 10.1. The molecular formula is C12H13ClN4. The molecule has 2 aromatic rings. The van der Waals surface area contributed by atoms with E-state index in [9.17, 15) is 0 Å². The third-order valence-corrected chi connectivity index (χ3v) is 3.44. The summed E-state index contributed by atoms with van der Waals surface area (Å²) in [5.41, 5.74) is 7.43. The van der Waals surface area contributed by atoms with Gasteiger partial charge in [-0.1, -0.05) is 17.7 Å². The maximum Gasteiger partial charge on any atom is 0.167 e. The van der Waals surface area contributed by atoms with E-state index in [1.54, 1.807) is 0 Å². The maximum absolute atomic E-state index is 6.20. The summed E-state index contributed by atoms with van der Waals surface area (Å²) in [5, 5.41) is 9.08. The maximum atomic E-state index is 6.20. The highest BCUT2D eigenvalue weighted by atomic mass is 35.5. The number of hydrogen-bond donors (Lipinski definition) is 1. The zero-order chi connectivity index (χ0) is 11.8. The fraction of sp³-hybridized carbons (Fsp3) is 0.333. The van der Waals surface area contributed by atoms with E-state index in [-0.39, 0.29) is 0 Å². The van der Waals surface area contributed by atoms with Crippen molar-refractivity contribution in [2.24, 2.45) is 0 Å². The van der Waals surface area contributed by atoms with Crippen LogP contribution in [0.15, 0.2) is 18.2 Å². The van der Waals surface area contributed by atoms with Gasteiger partial charge >= 0.3 is 0 Å². The largest absolute Gasteiger partial charge is 0.398 e. The van der Waals surface area contributed by atoms with Crippen molar-refractivity contribution >= 4 is 17.3 Å². The van der Waals surface area contributed by atoms with Gasteiger partial charge in [0, 0.05) is 18.7 Å². The number of benzene rings is 1. The lowest BCUT2D eigenvalue weighted by atomic mass is 10.1. The number of hydrogen-bond acceptors (Lipinski definition) is 3. The first-order chi connectivity index (χ1) is 8.27. The van der Waals surface area contributed by atoms with Crippen molar-refractivity contribution < 1.29 is 0 Å². The Morgan fingerprint density at radius 2 is 2.12 bits per heavy atom. The third kappa shape index (κ3) is 1.69. The van der Waals surface area contributed by atoms with Crippen molar-refractivity contribution in [2.75, 3.05) is 5.73 Å². The fourth-order valence-electron chi connectivity index (χ4n) is 2.27. The van der Waals surface area contributed by atoms with E-state index in [0.717, 1.165) is 36.6 Å². The predicted octanol–water partition coefficient (Wildman–Crippen LogP) is 2.52. The van der Waals surface area contributed by atoms with Crippen LogP contribution in [0.25, 0.3) is 11.4 Å². The van der Waals surface area contributed by atoms with Gasteiger partial charge in [-0.25, -0.2) is 0 Å². The van der Waals surface area contributed by atoms with E-state index in [1.807, 2.05) is 18.2 Å². The lowest BCUT2D eigenvalue weighted by molar-refractivity contribution is 0.526. The zero-order valence-electron chi connectivity index (χ0n) is 9.36. The fourth-order valence-corrected chi connectivity index (χ4v) is 2.54. The molecule has 0 fully saturated rings. The van der Waals surface area contributed by atoms with Gasteiger partial charge in [-0.2, -0.15) is 0 Å². The van der Waals surface area contributed by atoms with Crippen molar-refractivity contribution in [1.82, 2.24) is 14.8 Å². The summed E-state index contributed by atoms with van der Waals surface area (Å²) < 4.78 is 2.13. The first-order valence-corrected chi connectivity index (χ1v) is 6.11. The van der Waals surface area contributed by atoms with Crippen LogP contribution in [0.3, 0.4) is 0 Å². The SMILES string of the molecule is Nc1cccc(Cl)c1-c1nnc2n1CCCC2. The molecule has 4 nitrogen and oxygen atoms in total. The van der Waals surface area contributed by atoms with Crippen LogP contribution >= 0.6 is 11.6 Å². The van der Waals surface area contributed by atoms with Crippen molar-refractivity contribution in [3.05, 3.63) is 29.0 Å². The van der Waals surface area contributed by atoms with E-state index in [2.05, 4.69) is 14.8 Å². The number of fused-ring (bicyclic) bond motifs is 1. The van der Waals surface area contributed by atoms with Crippen molar-refractivity contribution in [3.63, 3.8) is 0 Å². The molecule has 2 N–H and O–H groups in total. The number of aryl methyl sites for hydroxylation is 1. The molecule has 1 aromatic heterocycles. The minimum atomic E-state index is 0.630. The highest BCUT2D eigenvalue weighted by molar-refractivity contribution is 6.33. The molecule has 5 heteroatoms. The van der Waals surface area contributed by atoms with Crippen LogP contribution in [0.2, 0.25) is 5.02 Å². The summed E-state index contributed by atoms with van der Waals surface area (Å²) in [6, 6.07) is 5.51. The lowest BCUT2D eigenvalue weighted by Crippen LogP contribution is -2.12. The van der Waals surface area contributed by atoms with Crippen molar-refractivity contribution in [3.8, 4) is 11.4 Å². The molecule has 0 saturated carbocycles. The summed E-state index contributed by atoms with van der Waals surface area (Å²) in [7, 11) is 0. The average Bonchev–Trinajstić information content (AvgIpc) is 2.73. The molecule has 0 spiro atoms. The molecule has 88 valence electrons.